The van der Waals surface area contributed by atoms with Gasteiger partial charge in [0, 0.05) is 22.6 Å². The lowest BCUT2D eigenvalue weighted by atomic mass is 9.99. The van der Waals surface area contributed by atoms with Crippen molar-refractivity contribution >= 4 is 38.6 Å². The number of hydrogen-bond donors (Lipinski definition) is 0. The lowest BCUT2D eigenvalue weighted by molar-refractivity contribution is 0.440. The van der Waals surface area contributed by atoms with Gasteiger partial charge in [0.2, 0.25) is 0 Å². The summed E-state index contributed by atoms with van der Waals surface area (Å²) in [5, 5.41) is 4.56. The minimum Gasteiger partial charge on any atom is -0.453 e. The fourth-order valence-corrected chi connectivity index (χ4v) is 8.30. The topological polar surface area (TPSA) is 21.7 Å². The Hall–Kier alpha value is -7.88. The summed E-state index contributed by atoms with van der Waals surface area (Å²) in [5.41, 5.74) is 12.4. The molecule has 1 aliphatic heterocycles. The largest absolute Gasteiger partial charge is 0.453 e. The molecule has 0 N–H and O–H groups in total. The average Bonchev–Trinajstić information content (AvgIpc) is 3.48. The van der Waals surface area contributed by atoms with Gasteiger partial charge in [-0.2, -0.15) is 0 Å². The Morgan fingerprint density at radius 1 is 0.271 bits per heavy atom. The van der Waals surface area contributed by atoms with Gasteiger partial charge in [0.15, 0.2) is 11.5 Å². The predicted octanol–water partition coefficient (Wildman–Crippen LogP) is 16.0. The number of fused-ring (bicyclic) bond motifs is 2. The molecule has 0 amide bonds. The lowest BCUT2D eigenvalue weighted by Gasteiger charge is -2.26. The number of nitrogens with zero attached hydrogens (tertiary/aromatic N) is 1. The van der Waals surface area contributed by atoms with Crippen LogP contribution in [0.3, 0.4) is 0 Å². The maximum absolute atomic E-state index is 6.63. The minimum atomic E-state index is 0.702. The highest BCUT2D eigenvalue weighted by molar-refractivity contribution is 5.95. The molecule has 0 unspecified atom stereocenters. The quantitative estimate of drug-likeness (QED) is 0.162. The molecule has 0 aliphatic carbocycles. The Morgan fingerprint density at radius 2 is 0.712 bits per heavy atom. The van der Waals surface area contributed by atoms with Crippen molar-refractivity contribution in [2.24, 2.45) is 0 Å². The van der Waals surface area contributed by atoms with Crippen LogP contribution in [0.15, 0.2) is 224 Å². The van der Waals surface area contributed by atoms with Crippen molar-refractivity contribution in [2.45, 2.75) is 0 Å². The van der Waals surface area contributed by atoms with Crippen LogP contribution in [0.5, 0.6) is 23.0 Å². The summed E-state index contributed by atoms with van der Waals surface area (Å²) < 4.78 is 13.1. The molecule has 0 saturated carbocycles. The molecule has 0 atom stereocenters. The molecular formula is C56H37NO2. The van der Waals surface area contributed by atoms with E-state index in [0.717, 1.165) is 67.3 Å². The van der Waals surface area contributed by atoms with Crippen molar-refractivity contribution in [1.29, 1.82) is 0 Å². The van der Waals surface area contributed by atoms with Gasteiger partial charge in [-0.1, -0.05) is 164 Å². The van der Waals surface area contributed by atoms with Crippen molar-refractivity contribution in [2.75, 3.05) is 4.90 Å². The normalized spacial score (nSPS) is 11.7. The fourth-order valence-electron chi connectivity index (χ4n) is 8.30. The maximum atomic E-state index is 6.63. The molecule has 1 aliphatic rings. The molecular weight excluding hydrogens is 719 g/mol. The second-order valence-electron chi connectivity index (χ2n) is 14.9. The van der Waals surface area contributed by atoms with Gasteiger partial charge in [-0.25, -0.2) is 0 Å². The first-order chi connectivity index (χ1) is 29.2. The molecule has 0 aromatic heterocycles. The predicted molar refractivity (Wildman–Crippen MR) is 244 cm³/mol. The van der Waals surface area contributed by atoms with E-state index >= 15 is 0 Å². The van der Waals surface area contributed by atoms with Crippen LogP contribution in [0.2, 0.25) is 0 Å². The van der Waals surface area contributed by atoms with Gasteiger partial charge >= 0.3 is 0 Å². The molecule has 10 aromatic rings. The van der Waals surface area contributed by atoms with Crippen molar-refractivity contribution in [3.8, 4) is 67.5 Å². The molecule has 0 radical (unpaired) electrons. The van der Waals surface area contributed by atoms with E-state index in [-0.39, 0.29) is 0 Å². The summed E-state index contributed by atoms with van der Waals surface area (Å²) in [5.74, 6) is 3.01. The number of anilines is 3. The smallest absolute Gasteiger partial charge is 0.177 e. The molecule has 0 saturated heterocycles. The van der Waals surface area contributed by atoms with E-state index in [1.54, 1.807) is 0 Å². The van der Waals surface area contributed by atoms with Crippen LogP contribution in [-0.2, 0) is 0 Å². The zero-order valence-electron chi connectivity index (χ0n) is 32.1. The number of rotatable bonds is 7. The summed E-state index contributed by atoms with van der Waals surface area (Å²) >= 11 is 0. The van der Waals surface area contributed by atoms with E-state index in [1.165, 1.54) is 33.0 Å². The molecule has 59 heavy (non-hydrogen) atoms. The Kier molecular flexibility index (Phi) is 8.49. The fraction of sp³-hybridized carbons (Fsp3) is 0. The molecule has 10 aromatic carbocycles. The van der Waals surface area contributed by atoms with Crippen LogP contribution in [0, 0.1) is 0 Å². The summed E-state index contributed by atoms with van der Waals surface area (Å²) in [4.78, 5) is 2.33. The van der Waals surface area contributed by atoms with Crippen LogP contribution < -0.4 is 14.4 Å². The van der Waals surface area contributed by atoms with Crippen LogP contribution in [-0.4, -0.2) is 0 Å². The number of para-hydroxylation sites is 1. The Bertz CT molecular complexity index is 3110. The van der Waals surface area contributed by atoms with Gasteiger partial charge in [-0.05, 0) is 116 Å². The third-order valence-corrected chi connectivity index (χ3v) is 11.3. The van der Waals surface area contributed by atoms with Crippen molar-refractivity contribution in [1.82, 2.24) is 0 Å². The van der Waals surface area contributed by atoms with E-state index in [1.807, 2.05) is 36.4 Å². The summed E-state index contributed by atoms with van der Waals surface area (Å²) in [6, 6.07) is 79.3. The van der Waals surface area contributed by atoms with Gasteiger partial charge < -0.3 is 14.4 Å². The van der Waals surface area contributed by atoms with Crippen molar-refractivity contribution in [3.05, 3.63) is 224 Å². The first-order valence-electron chi connectivity index (χ1n) is 20.0. The highest BCUT2D eigenvalue weighted by atomic mass is 16.5. The zero-order valence-corrected chi connectivity index (χ0v) is 32.1. The van der Waals surface area contributed by atoms with Crippen molar-refractivity contribution in [3.63, 3.8) is 0 Å². The van der Waals surface area contributed by atoms with E-state index in [9.17, 15) is 0 Å². The molecule has 1 heterocycles. The SMILES string of the molecule is c1ccc(-c2ccc(N(c3ccc(-c4ccc(-c5cccc6c5Oc5cccc7cccc(c57)O6)cc4)cc3)c3ccc(-c4ccc5ccccc5c4)cc3)cc2)cc1. The second-order valence-corrected chi connectivity index (χ2v) is 14.9. The van der Waals surface area contributed by atoms with E-state index < -0.39 is 0 Å². The van der Waals surface area contributed by atoms with Crippen LogP contribution in [0.1, 0.15) is 0 Å². The summed E-state index contributed by atoms with van der Waals surface area (Å²) in [7, 11) is 0. The Morgan fingerprint density at radius 3 is 1.34 bits per heavy atom. The highest BCUT2D eigenvalue weighted by Crippen LogP contribution is 2.49. The van der Waals surface area contributed by atoms with E-state index in [0.29, 0.717) is 5.75 Å². The average molecular weight is 756 g/mol. The van der Waals surface area contributed by atoms with Crippen LogP contribution in [0.4, 0.5) is 17.1 Å². The summed E-state index contributed by atoms with van der Waals surface area (Å²) in [6.45, 7) is 0. The van der Waals surface area contributed by atoms with Gasteiger partial charge in [0.1, 0.15) is 11.5 Å². The second kappa shape index (κ2) is 14.6. The molecule has 278 valence electrons. The molecule has 3 heteroatoms. The van der Waals surface area contributed by atoms with Gasteiger partial charge in [-0.15, -0.1) is 0 Å². The number of hydrogen-bond acceptors (Lipinski definition) is 3. The minimum absolute atomic E-state index is 0.702. The molecule has 3 nitrogen and oxygen atoms in total. The number of ether oxygens (including phenoxy) is 2. The number of benzene rings is 10. The van der Waals surface area contributed by atoms with Gasteiger partial charge in [-0.3, -0.25) is 0 Å². The molecule has 0 bridgehead atoms. The summed E-state index contributed by atoms with van der Waals surface area (Å²) in [6.07, 6.45) is 0. The molecule has 0 fully saturated rings. The molecule has 0 spiro atoms. The lowest BCUT2D eigenvalue weighted by Crippen LogP contribution is -2.09. The zero-order chi connectivity index (χ0) is 39.1. The third kappa shape index (κ3) is 6.45. The van der Waals surface area contributed by atoms with E-state index in [2.05, 4.69) is 193 Å². The van der Waals surface area contributed by atoms with Crippen molar-refractivity contribution < 1.29 is 9.47 Å². The first kappa shape index (κ1) is 34.4. The maximum Gasteiger partial charge on any atom is 0.177 e. The standard InChI is InChI=1S/C56H37NO2/c1-2-9-38(10-3-1)41-25-31-48(32-26-41)57(50-35-29-43(30-36-50)47-24-21-39-11-4-5-12-46(39)37-47)49-33-27-42(28-34-49)40-19-22-44(23-20-40)51-15-8-18-54-56(51)59-53-17-7-14-45-13-6-16-52(58-54)55(45)53/h1-37H. The third-order valence-electron chi connectivity index (χ3n) is 11.3. The van der Waals surface area contributed by atoms with Crippen LogP contribution >= 0.6 is 0 Å². The van der Waals surface area contributed by atoms with Crippen LogP contribution in [0.25, 0.3) is 66.1 Å². The van der Waals surface area contributed by atoms with Gasteiger partial charge in [0.05, 0.1) is 5.39 Å². The first-order valence-corrected chi connectivity index (χ1v) is 20.0. The van der Waals surface area contributed by atoms with E-state index in [4.69, 9.17) is 9.47 Å². The highest BCUT2D eigenvalue weighted by Gasteiger charge is 2.22. The monoisotopic (exact) mass is 755 g/mol. The Labute approximate surface area is 343 Å². The molecule has 11 rings (SSSR count). The Balaban J connectivity index is 0.904. The van der Waals surface area contributed by atoms with Gasteiger partial charge in [0.25, 0.3) is 0 Å².